The Morgan fingerprint density at radius 1 is 1.25 bits per heavy atom. The van der Waals surface area contributed by atoms with E-state index in [0.717, 1.165) is 36.3 Å². The van der Waals surface area contributed by atoms with Crippen LogP contribution in [0.25, 0.3) is 0 Å². The Labute approximate surface area is 165 Å². The number of hydrogen-bond acceptors (Lipinski definition) is 2. The van der Waals surface area contributed by atoms with Crippen LogP contribution in [0.5, 0.6) is 0 Å². The third-order valence-corrected chi connectivity index (χ3v) is 4.11. The molecule has 5 heteroatoms. The van der Waals surface area contributed by atoms with Crippen molar-refractivity contribution in [2.24, 2.45) is 5.92 Å². The number of carbonyl (C=O) groups excluding carboxylic acids is 1. The number of benzene rings is 1. The van der Waals surface area contributed by atoms with Gasteiger partial charge < -0.3 is 28.9 Å². The van der Waals surface area contributed by atoms with Crippen molar-refractivity contribution in [3.05, 3.63) is 34.9 Å². The van der Waals surface area contributed by atoms with Gasteiger partial charge >= 0.3 is 29.6 Å². The molecule has 2 unspecified atom stereocenters. The van der Waals surface area contributed by atoms with Crippen molar-refractivity contribution in [3.63, 3.8) is 0 Å². The van der Waals surface area contributed by atoms with Crippen LogP contribution >= 0.6 is 11.6 Å². The van der Waals surface area contributed by atoms with Gasteiger partial charge in [0.25, 0.3) is 0 Å². The Kier molecular flexibility index (Phi) is 10.2. The second kappa shape index (κ2) is 9.80. The smallest absolute Gasteiger partial charge is 1.00 e. The summed E-state index contributed by atoms with van der Waals surface area (Å²) >= 11 is 6.29. The molecule has 0 heterocycles. The molecule has 1 aliphatic carbocycles. The fourth-order valence-corrected chi connectivity index (χ4v) is 3.16. The van der Waals surface area contributed by atoms with Crippen LogP contribution in [0.3, 0.4) is 0 Å². The topological polar surface area (TPSA) is 20.3 Å². The molecule has 1 saturated carbocycles. The Morgan fingerprint density at radius 3 is 2.45 bits per heavy atom. The van der Waals surface area contributed by atoms with E-state index < -0.39 is 0 Å². The maximum Gasteiger partial charge on any atom is 1.00 e. The Bertz CT molecular complexity index is 442. The molecule has 0 spiro atoms. The summed E-state index contributed by atoms with van der Waals surface area (Å²) in [7, 11) is 4.05. The SMILES string of the molecule is CN(C)C(c1ccccc1Cl)C1CCCCC1=O.[I-].[Na+]. The van der Waals surface area contributed by atoms with Crippen LogP contribution in [0.4, 0.5) is 0 Å². The molecule has 0 aliphatic heterocycles. The minimum atomic E-state index is 0. The van der Waals surface area contributed by atoms with E-state index in [0.29, 0.717) is 5.78 Å². The number of Topliss-reactive ketones (excluding diaryl/α,β-unsaturated/α-hetero) is 1. The normalized spacial score (nSPS) is 20.0. The van der Waals surface area contributed by atoms with Gasteiger partial charge in [0.2, 0.25) is 0 Å². The van der Waals surface area contributed by atoms with Gasteiger partial charge in [0, 0.05) is 23.4 Å². The van der Waals surface area contributed by atoms with Crippen LogP contribution in [-0.2, 0) is 4.79 Å². The average molecular weight is 416 g/mol. The summed E-state index contributed by atoms with van der Waals surface area (Å²) in [5.41, 5.74) is 1.07. The maximum atomic E-state index is 12.2. The van der Waals surface area contributed by atoms with Crippen LogP contribution in [0, 0.1) is 5.92 Å². The first-order valence-electron chi connectivity index (χ1n) is 6.55. The number of rotatable bonds is 3. The van der Waals surface area contributed by atoms with Crippen LogP contribution in [0.1, 0.15) is 37.3 Å². The molecule has 1 fully saturated rings. The molecule has 0 radical (unpaired) electrons. The molecule has 106 valence electrons. The van der Waals surface area contributed by atoms with Crippen molar-refractivity contribution in [3.8, 4) is 0 Å². The number of hydrogen-bond donors (Lipinski definition) is 0. The molecule has 1 aromatic rings. The van der Waals surface area contributed by atoms with Crippen LogP contribution in [-0.4, -0.2) is 24.8 Å². The van der Waals surface area contributed by atoms with Crippen molar-refractivity contribution in [2.75, 3.05) is 14.1 Å². The standard InChI is InChI=1S/C15H20ClNO.HI.Na/c1-17(2)15(11-7-3-5-9-13(11)16)12-8-4-6-10-14(12)18;;/h3,5,7,9,12,15H,4,6,8,10H2,1-2H3;1H;/q;;+1/p-1. The summed E-state index contributed by atoms with van der Waals surface area (Å²) in [6, 6.07) is 7.97. The zero-order chi connectivity index (χ0) is 13.1. The van der Waals surface area contributed by atoms with Crippen molar-refractivity contribution < 1.29 is 58.3 Å². The molecular formula is C15H20ClINNaO. The van der Waals surface area contributed by atoms with Crippen molar-refractivity contribution in [1.29, 1.82) is 0 Å². The summed E-state index contributed by atoms with van der Waals surface area (Å²) in [6.45, 7) is 0. The van der Waals surface area contributed by atoms with Crippen LogP contribution in [0.2, 0.25) is 5.02 Å². The van der Waals surface area contributed by atoms with Crippen LogP contribution in [0.15, 0.2) is 24.3 Å². The summed E-state index contributed by atoms with van der Waals surface area (Å²) in [5.74, 6) is 0.480. The van der Waals surface area contributed by atoms with E-state index in [4.69, 9.17) is 11.6 Å². The maximum absolute atomic E-state index is 12.2. The fourth-order valence-electron chi connectivity index (χ4n) is 2.91. The molecule has 2 rings (SSSR count). The molecule has 20 heavy (non-hydrogen) atoms. The Balaban J connectivity index is 0.00000180. The first-order chi connectivity index (χ1) is 8.61. The number of ketones is 1. The van der Waals surface area contributed by atoms with Gasteiger partial charge in [-0.2, -0.15) is 0 Å². The van der Waals surface area contributed by atoms with E-state index in [1.807, 2.05) is 38.4 Å². The second-order valence-corrected chi connectivity index (χ2v) is 5.66. The summed E-state index contributed by atoms with van der Waals surface area (Å²) in [4.78, 5) is 14.3. The molecule has 0 N–H and O–H groups in total. The zero-order valence-electron chi connectivity index (χ0n) is 12.4. The van der Waals surface area contributed by atoms with E-state index >= 15 is 0 Å². The number of nitrogens with zero attached hydrogens (tertiary/aromatic N) is 1. The first-order valence-corrected chi connectivity index (χ1v) is 6.92. The minimum absolute atomic E-state index is 0. The van der Waals surface area contributed by atoms with Gasteiger partial charge in [0.05, 0.1) is 0 Å². The molecule has 1 aromatic carbocycles. The van der Waals surface area contributed by atoms with E-state index in [9.17, 15) is 4.79 Å². The quantitative estimate of drug-likeness (QED) is 0.409. The summed E-state index contributed by atoms with van der Waals surface area (Å²) in [6.07, 6.45) is 3.88. The Hall–Kier alpha value is 0.870. The zero-order valence-corrected chi connectivity index (χ0v) is 17.3. The van der Waals surface area contributed by atoms with E-state index in [1.165, 1.54) is 0 Å². The molecule has 0 saturated heterocycles. The van der Waals surface area contributed by atoms with E-state index in [2.05, 4.69) is 4.90 Å². The molecule has 2 atom stereocenters. The first kappa shape index (κ1) is 20.9. The van der Waals surface area contributed by atoms with Gasteiger partial charge in [0.15, 0.2) is 0 Å². The van der Waals surface area contributed by atoms with E-state index in [-0.39, 0.29) is 65.5 Å². The van der Waals surface area contributed by atoms with Crippen molar-refractivity contribution in [2.45, 2.75) is 31.7 Å². The van der Waals surface area contributed by atoms with Crippen LogP contribution < -0.4 is 53.5 Å². The number of halogens is 2. The fraction of sp³-hybridized carbons (Fsp3) is 0.533. The Morgan fingerprint density at radius 2 is 1.90 bits per heavy atom. The molecule has 0 bridgehead atoms. The van der Waals surface area contributed by atoms with Gasteiger partial charge in [-0.1, -0.05) is 36.2 Å². The largest absolute Gasteiger partial charge is 1.00 e. The van der Waals surface area contributed by atoms with Crippen molar-refractivity contribution >= 4 is 17.4 Å². The van der Waals surface area contributed by atoms with Crippen molar-refractivity contribution in [1.82, 2.24) is 4.90 Å². The average Bonchev–Trinajstić information content (AvgIpc) is 2.34. The summed E-state index contributed by atoms with van der Waals surface area (Å²) in [5, 5.41) is 0.759. The molecule has 2 nitrogen and oxygen atoms in total. The molecule has 1 aliphatic rings. The second-order valence-electron chi connectivity index (χ2n) is 5.25. The number of carbonyl (C=O) groups is 1. The van der Waals surface area contributed by atoms with Gasteiger partial charge in [-0.15, -0.1) is 0 Å². The predicted molar refractivity (Wildman–Crippen MR) is 74.8 cm³/mol. The van der Waals surface area contributed by atoms with Gasteiger partial charge in [0.1, 0.15) is 5.78 Å². The van der Waals surface area contributed by atoms with Gasteiger partial charge in [-0.3, -0.25) is 4.79 Å². The molecule has 0 aromatic heterocycles. The van der Waals surface area contributed by atoms with Gasteiger partial charge in [-0.25, -0.2) is 0 Å². The third-order valence-electron chi connectivity index (χ3n) is 3.76. The minimum Gasteiger partial charge on any atom is -1.00 e. The predicted octanol–water partition coefficient (Wildman–Crippen LogP) is -2.29. The molecular weight excluding hydrogens is 396 g/mol. The molecule has 0 amide bonds. The summed E-state index contributed by atoms with van der Waals surface area (Å²) < 4.78 is 0. The monoisotopic (exact) mass is 415 g/mol. The van der Waals surface area contributed by atoms with Gasteiger partial charge in [-0.05, 0) is 38.6 Å². The third kappa shape index (κ3) is 4.96. The van der Waals surface area contributed by atoms with E-state index in [1.54, 1.807) is 0 Å².